The lowest BCUT2D eigenvalue weighted by atomic mass is 9.85. The van der Waals surface area contributed by atoms with Gasteiger partial charge in [0.1, 0.15) is 17.8 Å². The third kappa shape index (κ3) is 4.06. The lowest BCUT2D eigenvalue weighted by Crippen LogP contribution is -2.65. The number of hydrogen-bond donors (Lipinski definition) is 3. The molecule has 4 rings (SSSR count). The molecule has 32 heavy (non-hydrogen) atoms. The van der Waals surface area contributed by atoms with Gasteiger partial charge in [0.25, 0.3) is 0 Å². The zero-order chi connectivity index (χ0) is 22.8. The van der Waals surface area contributed by atoms with Crippen LogP contribution in [0.1, 0.15) is 56.8 Å². The fourth-order valence-corrected chi connectivity index (χ4v) is 5.08. The number of methoxy groups -OCH3 is 1. The number of piperazine rings is 1. The Labute approximate surface area is 188 Å². The van der Waals surface area contributed by atoms with Crippen LogP contribution in [0.25, 0.3) is 10.9 Å². The van der Waals surface area contributed by atoms with Gasteiger partial charge in [-0.05, 0) is 49.3 Å². The summed E-state index contributed by atoms with van der Waals surface area (Å²) < 4.78 is 5.38. The molecule has 3 N–H and O–H groups in total. The van der Waals surface area contributed by atoms with E-state index >= 15 is 0 Å². The summed E-state index contributed by atoms with van der Waals surface area (Å²) in [5.41, 5.74) is 3.13. The molecule has 3 heterocycles. The Hall–Kier alpha value is -3.03. The van der Waals surface area contributed by atoms with E-state index in [-0.39, 0.29) is 17.9 Å². The average molecular weight is 441 g/mol. The van der Waals surface area contributed by atoms with Gasteiger partial charge in [-0.25, -0.2) is 0 Å². The zero-order valence-corrected chi connectivity index (χ0v) is 18.9. The Kier molecular flexibility index (Phi) is 6.39. The van der Waals surface area contributed by atoms with Crippen LogP contribution in [0.4, 0.5) is 0 Å². The van der Waals surface area contributed by atoms with Gasteiger partial charge in [-0.15, -0.1) is 0 Å². The molecule has 0 bridgehead atoms. The second-order valence-corrected chi connectivity index (χ2v) is 9.17. The van der Waals surface area contributed by atoms with Crippen molar-refractivity contribution < 1.29 is 19.1 Å². The summed E-state index contributed by atoms with van der Waals surface area (Å²) in [6, 6.07) is 4.76. The van der Waals surface area contributed by atoms with Crippen LogP contribution in [-0.2, 0) is 20.8 Å². The predicted octanol–water partition coefficient (Wildman–Crippen LogP) is 2.43. The highest BCUT2D eigenvalue weighted by atomic mass is 16.5. The number of aromatic nitrogens is 1. The van der Waals surface area contributed by atoms with E-state index in [0.717, 1.165) is 47.2 Å². The van der Waals surface area contributed by atoms with Crippen LogP contribution < -0.4 is 15.4 Å². The number of carbonyl (C=O) groups is 3. The van der Waals surface area contributed by atoms with E-state index < -0.39 is 12.1 Å². The number of benzene rings is 1. The quantitative estimate of drug-likeness (QED) is 0.412. The van der Waals surface area contributed by atoms with Crippen molar-refractivity contribution in [2.45, 2.75) is 64.1 Å². The summed E-state index contributed by atoms with van der Waals surface area (Å²) in [6.07, 6.45) is 4.05. The number of aromatic amines is 1. The SMILES string of the molecule is COc1ccc2c3c([nH]c2c1)C(CC(C)C)N1C(=O)C(CCCCNC=O)NC(=O)C1C3. The number of H-pyrrole nitrogens is 1. The fraction of sp³-hybridized carbons (Fsp3) is 0.542. The first-order valence-electron chi connectivity index (χ1n) is 11.4. The first-order chi connectivity index (χ1) is 15.4. The van der Waals surface area contributed by atoms with Gasteiger partial charge in [-0.2, -0.15) is 0 Å². The van der Waals surface area contributed by atoms with E-state index in [9.17, 15) is 14.4 Å². The maximum absolute atomic E-state index is 13.5. The third-order valence-corrected chi connectivity index (χ3v) is 6.56. The molecule has 1 fully saturated rings. The number of nitrogens with zero attached hydrogens (tertiary/aromatic N) is 1. The number of rotatable bonds is 9. The van der Waals surface area contributed by atoms with Crippen LogP contribution in [-0.4, -0.2) is 53.8 Å². The number of ether oxygens (including phenoxy) is 1. The molecule has 0 saturated carbocycles. The van der Waals surface area contributed by atoms with E-state index in [4.69, 9.17) is 4.74 Å². The van der Waals surface area contributed by atoms with E-state index in [0.29, 0.717) is 31.7 Å². The molecule has 3 unspecified atom stereocenters. The van der Waals surface area contributed by atoms with Gasteiger partial charge < -0.3 is 25.3 Å². The van der Waals surface area contributed by atoms with Crippen molar-refractivity contribution in [2.24, 2.45) is 5.92 Å². The topological polar surface area (TPSA) is 104 Å². The normalized spacial score (nSPS) is 22.5. The van der Waals surface area contributed by atoms with Gasteiger partial charge in [0.2, 0.25) is 18.2 Å². The van der Waals surface area contributed by atoms with E-state index in [1.807, 2.05) is 23.1 Å². The van der Waals surface area contributed by atoms with Crippen LogP contribution in [0.3, 0.4) is 0 Å². The van der Waals surface area contributed by atoms with Crippen molar-refractivity contribution in [2.75, 3.05) is 13.7 Å². The molecule has 1 aromatic carbocycles. The molecular formula is C24H32N4O4. The van der Waals surface area contributed by atoms with Crippen molar-refractivity contribution in [1.82, 2.24) is 20.5 Å². The fourth-order valence-electron chi connectivity index (χ4n) is 5.08. The molecule has 2 aliphatic rings. The molecule has 3 amide bonds. The van der Waals surface area contributed by atoms with Crippen LogP contribution in [0.5, 0.6) is 5.75 Å². The van der Waals surface area contributed by atoms with Gasteiger partial charge in [0.05, 0.1) is 13.2 Å². The van der Waals surface area contributed by atoms with Gasteiger partial charge >= 0.3 is 0 Å². The second kappa shape index (κ2) is 9.22. The molecule has 0 spiro atoms. The van der Waals surface area contributed by atoms with Gasteiger partial charge in [-0.3, -0.25) is 14.4 Å². The number of nitrogens with one attached hydrogen (secondary N) is 3. The minimum Gasteiger partial charge on any atom is -0.497 e. The van der Waals surface area contributed by atoms with Crippen molar-refractivity contribution in [1.29, 1.82) is 0 Å². The van der Waals surface area contributed by atoms with Crippen LogP contribution in [0.2, 0.25) is 0 Å². The van der Waals surface area contributed by atoms with Crippen molar-refractivity contribution in [3.8, 4) is 5.75 Å². The lowest BCUT2D eigenvalue weighted by molar-refractivity contribution is -0.154. The monoisotopic (exact) mass is 440 g/mol. The smallest absolute Gasteiger partial charge is 0.246 e. The van der Waals surface area contributed by atoms with Crippen LogP contribution in [0.15, 0.2) is 18.2 Å². The standard InChI is InChI=1S/C24H32N4O4/c1-14(2)10-20-22-17(16-8-7-15(32-3)11-19(16)26-22)12-21-23(30)27-18(24(31)28(20)21)6-4-5-9-25-13-29/h7-8,11,13-14,18,20-21,26H,4-6,9-10,12H2,1-3H3,(H,25,29)(H,27,30). The summed E-state index contributed by atoms with van der Waals surface area (Å²) in [7, 11) is 1.64. The molecular weight excluding hydrogens is 408 g/mol. The Morgan fingerprint density at radius 1 is 1.28 bits per heavy atom. The molecule has 2 aliphatic heterocycles. The molecule has 8 nitrogen and oxygen atoms in total. The van der Waals surface area contributed by atoms with Gasteiger partial charge in [0.15, 0.2) is 0 Å². The number of unbranched alkanes of at least 4 members (excludes halogenated alkanes) is 1. The Balaban J connectivity index is 1.66. The Bertz CT molecular complexity index is 1010. The van der Waals surface area contributed by atoms with E-state index in [2.05, 4.69) is 29.5 Å². The molecule has 0 aliphatic carbocycles. The van der Waals surface area contributed by atoms with Crippen molar-refractivity contribution >= 4 is 29.1 Å². The minimum atomic E-state index is -0.518. The third-order valence-electron chi connectivity index (χ3n) is 6.56. The molecule has 1 aromatic heterocycles. The van der Waals surface area contributed by atoms with Gasteiger partial charge in [0, 0.05) is 35.6 Å². The molecule has 172 valence electrons. The number of carbonyl (C=O) groups excluding carboxylic acids is 3. The summed E-state index contributed by atoms with van der Waals surface area (Å²) in [5, 5.41) is 6.69. The second-order valence-electron chi connectivity index (χ2n) is 9.17. The number of hydrogen-bond acceptors (Lipinski definition) is 4. The van der Waals surface area contributed by atoms with Crippen LogP contribution in [0, 0.1) is 5.92 Å². The van der Waals surface area contributed by atoms with Crippen LogP contribution >= 0.6 is 0 Å². The molecule has 8 heteroatoms. The number of amides is 3. The molecule has 2 aromatic rings. The van der Waals surface area contributed by atoms with Gasteiger partial charge in [-0.1, -0.05) is 13.8 Å². The highest BCUT2D eigenvalue weighted by Crippen LogP contribution is 2.42. The van der Waals surface area contributed by atoms with Crippen molar-refractivity contribution in [3.05, 3.63) is 29.5 Å². The maximum atomic E-state index is 13.5. The first kappa shape index (κ1) is 22.2. The van der Waals surface area contributed by atoms with E-state index in [1.165, 1.54) is 0 Å². The highest BCUT2D eigenvalue weighted by molar-refractivity contribution is 5.99. The lowest BCUT2D eigenvalue weighted by Gasteiger charge is -2.47. The molecule has 1 saturated heterocycles. The summed E-state index contributed by atoms with van der Waals surface area (Å²) in [5.74, 6) is 1.04. The number of fused-ring (bicyclic) bond motifs is 4. The van der Waals surface area contributed by atoms with Crippen molar-refractivity contribution in [3.63, 3.8) is 0 Å². The summed E-state index contributed by atoms with van der Waals surface area (Å²) >= 11 is 0. The summed E-state index contributed by atoms with van der Waals surface area (Å²) in [4.78, 5) is 42.5. The largest absolute Gasteiger partial charge is 0.497 e. The van der Waals surface area contributed by atoms with E-state index in [1.54, 1.807) is 7.11 Å². The maximum Gasteiger partial charge on any atom is 0.246 e. The highest BCUT2D eigenvalue weighted by Gasteiger charge is 2.48. The summed E-state index contributed by atoms with van der Waals surface area (Å²) in [6.45, 7) is 4.85. The molecule has 3 atom stereocenters. The zero-order valence-electron chi connectivity index (χ0n) is 18.9. The molecule has 0 radical (unpaired) electrons. The first-order valence-corrected chi connectivity index (χ1v) is 11.4. The Morgan fingerprint density at radius 2 is 2.09 bits per heavy atom. The predicted molar refractivity (Wildman–Crippen MR) is 121 cm³/mol. The minimum absolute atomic E-state index is 0.00881. The Morgan fingerprint density at radius 3 is 2.81 bits per heavy atom. The average Bonchev–Trinajstić information content (AvgIpc) is 3.14.